The number of esters is 1. The highest BCUT2D eigenvalue weighted by Crippen LogP contribution is 2.22. The van der Waals surface area contributed by atoms with Crippen LogP contribution in [-0.4, -0.2) is 42.1 Å². The first-order chi connectivity index (χ1) is 10.1. The summed E-state index contributed by atoms with van der Waals surface area (Å²) in [5.74, 6) is 1.16. The summed E-state index contributed by atoms with van der Waals surface area (Å²) >= 11 is 1.82. The van der Waals surface area contributed by atoms with Crippen LogP contribution in [0.1, 0.15) is 17.5 Å². The van der Waals surface area contributed by atoms with Crippen LogP contribution in [-0.2, 0) is 16.1 Å². The molecule has 1 saturated heterocycles. The quantitative estimate of drug-likeness (QED) is 0.798. The summed E-state index contributed by atoms with van der Waals surface area (Å²) < 4.78 is 18.1. The van der Waals surface area contributed by atoms with E-state index in [1.54, 1.807) is 12.1 Å². The topological polar surface area (TPSA) is 53.3 Å². The molecule has 1 aliphatic rings. The Kier molecular flexibility index (Phi) is 5.59. The molecule has 1 atom stereocenters. The van der Waals surface area contributed by atoms with E-state index in [2.05, 4.69) is 4.90 Å². The Hall–Kier alpha value is -1.58. The monoisotopic (exact) mass is 308 g/mol. The number of halogens is 1. The van der Waals surface area contributed by atoms with Gasteiger partial charge in [-0.25, -0.2) is 4.39 Å². The number of hydrogen-bond acceptors (Lipinski definition) is 5. The van der Waals surface area contributed by atoms with E-state index in [-0.39, 0.29) is 17.6 Å². The second-order valence-corrected chi connectivity index (χ2v) is 6.06. The summed E-state index contributed by atoms with van der Waals surface area (Å²) in [7, 11) is 1.39. The largest absolute Gasteiger partial charge is 0.469 e. The number of hydrogen-bond donors (Lipinski definition) is 0. The zero-order valence-corrected chi connectivity index (χ0v) is 12.7. The van der Waals surface area contributed by atoms with Crippen LogP contribution in [0.3, 0.4) is 0 Å². The van der Waals surface area contributed by atoms with Crippen LogP contribution in [0.5, 0.6) is 0 Å². The molecule has 1 aliphatic heterocycles. The fourth-order valence-corrected chi connectivity index (χ4v) is 3.48. The summed E-state index contributed by atoms with van der Waals surface area (Å²) in [6.45, 7) is 1.47. The molecule has 0 N–H and O–H groups in total. The van der Waals surface area contributed by atoms with Crippen molar-refractivity contribution < 1.29 is 13.9 Å². The number of thioether (sulfide) groups is 1. The van der Waals surface area contributed by atoms with E-state index in [1.165, 1.54) is 13.2 Å². The second-order valence-electron chi connectivity index (χ2n) is 4.91. The second kappa shape index (κ2) is 7.43. The van der Waals surface area contributed by atoms with Gasteiger partial charge < -0.3 is 4.74 Å². The first kappa shape index (κ1) is 15.8. The van der Waals surface area contributed by atoms with E-state index >= 15 is 0 Å². The molecule has 0 aliphatic carbocycles. The molecule has 112 valence electrons. The van der Waals surface area contributed by atoms with Crippen LogP contribution >= 0.6 is 11.8 Å². The molecule has 1 aromatic rings. The number of benzene rings is 1. The first-order valence-corrected chi connectivity index (χ1v) is 7.86. The average molecular weight is 308 g/mol. The molecule has 0 saturated carbocycles. The van der Waals surface area contributed by atoms with Gasteiger partial charge in [0.2, 0.25) is 0 Å². The molecule has 0 spiro atoms. The van der Waals surface area contributed by atoms with Crippen LogP contribution in [0, 0.1) is 17.1 Å². The molecular weight excluding hydrogens is 291 g/mol. The molecule has 0 aromatic heterocycles. The summed E-state index contributed by atoms with van der Waals surface area (Å²) in [5, 5.41) is 8.88. The van der Waals surface area contributed by atoms with Crippen molar-refractivity contribution in [1.29, 1.82) is 5.26 Å². The van der Waals surface area contributed by atoms with E-state index < -0.39 is 5.82 Å². The molecule has 6 heteroatoms. The fourth-order valence-electron chi connectivity index (χ4n) is 2.35. The Morgan fingerprint density at radius 1 is 1.62 bits per heavy atom. The maximum Gasteiger partial charge on any atom is 0.307 e. The highest BCUT2D eigenvalue weighted by atomic mass is 32.2. The van der Waals surface area contributed by atoms with Crippen LogP contribution in [0.2, 0.25) is 0 Å². The summed E-state index contributed by atoms with van der Waals surface area (Å²) in [6.07, 6.45) is 0.357. The molecule has 0 amide bonds. The Balaban J connectivity index is 2.08. The van der Waals surface area contributed by atoms with Crippen molar-refractivity contribution in [3.05, 3.63) is 35.1 Å². The zero-order chi connectivity index (χ0) is 15.2. The number of ether oxygens (including phenoxy) is 1. The molecule has 1 heterocycles. The van der Waals surface area contributed by atoms with Gasteiger partial charge in [-0.15, -0.1) is 0 Å². The third-order valence-corrected chi connectivity index (χ3v) is 4.61. The SMILES string of the molecule is COC(=O)C[C@H]1CSCCN1Cc1ccc(F)c(C#N)c1. The maximum absolute atomic E-state index is 13.3. The number of rotatable bonds is 4. The van der Waals surface area contributed by atoms with Crippen molar-refractivity contribution in [3.8, 4) is 6.07 Å². The van der Waals surface area contributed by atoms with Crippen molar-refractivity contribution in [2.24, 2.45) is 0 Å². The highest BCUT2D eigenvalue weighted by Gasteiger charge is 2.25. The molecule has 0 bridgehead atoms. The lowest BCUT2D eigenvalue weighted by atomic mass is 10.1. The predicted molar refractivity (Wildman–Crippen MR) is 79.3 cm³/mol. The van der Waals surface area contributed by atoms with Gasteiger partial charge in [-0.2, -0.15) is 17.0 Å². The Morgan fingerprint density at radius 2 is 2.43 bits per heavy atom. The van der Waals surface area contributed by atoms with Gasteiger partial charge in [-0.3, -0.25) is 9.69 Å². The van der Waals surface area contributed by atoms with E-state index in [0.717, 1.165) is 23.6 Å². The van der Waals surface area contributed by atoms with Gasteiger partial charge >= 0.3 is 5.97 Å². The van der Waals surface area contributed by atoms with Crippen molar-refractivity contribution in [2.45, 2.75) is 19.0 Å². The number of carbonyl (C=O) groups is 1. The lowest BCUT2D eigenvalue weighted by molar-refractivity contribution is -0.141. The fraction of sp³-hybridized carbons (Fsp3) is 0.467. The van der Waals surface area contributed by atoms with Crippen LogP contribution in [0.15, 0.2) is 18.2 Å². The van der Waals surface area contributed by atoms with Gasteiger partial charge in [-0.1, -0.05) is 6.07 Å². The van der Waals surface area contributed by atoms with Crippen molar-refractivity contribution in [3.63, 3.8) is 0 Å². The Labute approximate surface area is 127 Å². The number of nitriles is 1. The Bertz CT molecular complexity index is 559. The summed E-state index contributed by atoms with van der Waals surface area (Å²) in [5.41, 5.74) is 0.943. The van der Waals surface area contributed by atoms with E-state index in [4.69, 9.17) is 10.00 Å². The minimum atomic E-state index is -0.499. The van der Waals surface area contributed by atoms with E-state index in [9.17, 15) is 9.18 Å². The molecule has 2 rings (SSSR count). The zero-order valence-electron chi connectivity index (χ0n) is 11.8. The average Bonchev–Trinajstić information content (AvgIpc) is 2.51. The number of carbonyl (C=O) groups excluding carboxylic acids is 1. The highest BCUT2D eigenvalue weighted by molar-refractivity contribution is 7.99. The van der Waals surface area contributed by atoms with E-state index in [0.29, 0.717) is 13.0 Å². The maximum atomic E-state index is 13.3. The minimum absolute atomic E-state index is 0.0587. The summed E-state index contributed by atoms with van der Waals surface area (Å²) in [6, 6.07) is 6.56. The standard InChI is InChI=1S/C15H17FN2O2S/c1-20-15(19)7-13-10-21-5-4-18(13)9-11-2-3-14(16)12(6-11)8-17/h2-3,6,13H,4-5,7,9-10H2,1H3/t13-/m0/s1. The van der Waals surface area contributed by atoms with Gasteiger partial charge in [0.1, 0.15) is 11.9 Å². The van der Waals surface area contributed by atoms with E-state index in [1.807, 2.05) is 17.8 Å². The number of methoxy groups -OCH3 is 1. The van der Waals surface area contributed by atoms with Gasteiger partial charge in [0.25, 0.3) is 0 Å². The third-order valence-electron chi connectivity index (χ3n) is 3.52. The lowest BCUT2D eigenvalue weighted by Crippen LogP contribution is -2.43. The smallest absolute Gasteiger partial charge is 0.307 e. The lowest BCUT2D eigenvalue weighted by Gasteiger charge is -2.34. The molecule has 0 unspecified atom stereocenters. The first-order valence-electron chi connectivity index (χ1n) is 6.71. The number of nitrogens with zero attached hydrogens (tertiary/aromatic N) is 2. The minimum Gasteiger partial charge on any atom is -0.469 e. The third kappa shape index (κ3) is 4.19. The molecular formula is C15H17FN2O2S. The summed E-state index contributed by atoms with van der Waals surface area (Å²) in [4.78, 5) is 13.7. The predicted octanol–water partition coefficient (Wildman–Crippen LogP) is 2.18. The van der Waals surface area contributed by atoms with Crippen molar-refractivity contribution in [1.82, 2.24) is 4.90 Å². The van der Waals surface area contributed by atoms with Crippen molar-refractivity contribution in [2.75, 3.05) is 25.2 Å². The molecule has 21 heavy (non-hydrogen) atoms. The van der Waals surface area contributed by atoms with Gasteiger partial charge in [0.15, 0.2) is 0 Å². The molecule has 0 radical (unpaired) electrons. The van der Waals surface area contributed by atoms with Crippen molar-refractivity contribution >= 4 is 17.7 Å². The van der Waals surface area contributed by atoms with Gasteiger partial charge in [0.05, 0.1) is 19.1 Å². The molecule has 1 aromatic carbocycles. The Morgan fingerprint density at radius 3 is 3.14 bits per heavy atom. The van der Waals surface area contributed by atoms with Crippen LogP contribution in [0.25, 0.3) is 0 Å². The van der Waals surface area contributed by atoms with Crippen LogP contribution in [0.4, 0.5) is 4.39 Å². The van der Waals surface area contributed by atoms with Crippen LogP contribution < -0.4 is 0 Å². The van der Waals surface area contributed by atoms with Gasteiger partial charge in [0, 0.05) is 30.6 Å². The molecule has 1 fully saturated rings. The normalized spacial score (nSPS) is 19.0. The molecule has 4 nitrogen and oxygen atoms in total. The van der Waals surface area contributed by atoms with Gasteiger partial charge in [-0.05, 0) is 17.7 Å².